The molecule has 0 aliphatic heterocycles. The summed E-state index contributed by atoms with van der Waals surface area (Å²) in [5, 5.41) is 0. The van der Waals surface area contributed by atoms with Gasteiger partial charge < -0.3 is 18.5 Å². The highest BCUT2D eigenvalue weighted by atomic mass is 16.5. The van der Waals surface area contributed by atoms with E-state index in [9.17, 15) is 9.59 Å². The van der Waals surface area contributed by atoms with E-state index in [-0.39, 0.29) is 12.4 Å². The van der Waals surface area contributed by atoms with E-state index < -0.39 is 5.97 Å². The van der Waals surface area contributed by atoms with Crippen LogP contribution in [-0.2, 0) is 11.3 Å². The van der Waals surface area contributed by atoms with Gasteiger partial charge in [0.25, 0.3) is 0 Å². The van der Waals surface area contributed by atoms with E-state index in [2.05, 4.69) is 0 Å². The van der Waals surface area contributed by atoms with Gasteiger partial charge in [0.2, 0.25) is 0 Å². The Morgan fingerprint density at radius 3 is 2.48 bits per heavy atom. The lowest BCUT2D eigenvalue weighted by atomic mass is 10.1. The highest BCUT2D eigenvalue weighted by Crippen LogP contribution is 2.19. The summed E-state index contributed by atoms with van der Waals surface area (Å²) in [5.41, 5.74) is 2.59. The molecular weight excluding hydrogens is 346 g/mol. The number of nitrogens with zero attached hydrogens (tertiary/aromatic N) is 1. The summed E-state index contributed by atoms with van der Waals surface area (Å²) in [6.45, 7) is 3.97. The van der Waals surface area contributed by atoms with Crippen molar-refractivity contribution in [1.29, 1.82) is 0 Å². The predicted molar refractivity (Wildman–Crippen MR) is 99.3 cm³/mol. The number of hydrogen-bond acceptors (Lipinski definition) is 5. The molecule has 3 rings (SSSR count). The van der Waals surface area contributed by atoms with E-state index >= 15 is 0 Å². The average molecular weight is 367 g/mol. The van der Waals surface area contributed by atoms with Crippen LogP contribution in [0, 0.1) is 13.8 Å². The van der Waals surface area contributed by atoms with Crippen LogP contribution in [-0.4, -0.2) is 30.0 Å². The molecule has 27 heavy (non-hydrogen) atoms. The smallest absolute Gasteiger partial charge is 0.340 e. The third-order valence-corrected chi connectivity index (χ3v) is 4.43. The third kappa shape index (κ3) is 4.11. The maximum atomic E-state index is 12.4. The molecule has 0 bridgehead atoms. The van der Waals surface area contributed by atoms with Gasteiger partial charge in [-0.15, -0.1) is 0 Å². The standard InChI is InChI=1S/C21H21NO5/c1-14-11-19(15(2)22(14)12-18-5-4-10-26-18)21(24)27-13-20(23)16-6-8-17(25-3)9-7-16/h4-11H,12-13H2,1-3H3. The third-order valence-electron chi connectivity index (χ3n) is 4.43. The highest BCUT2D eigenvalue weighted by Gasteiger charge is 2.19. The van der Waals surface area contributed by atoms with Crippen molar-refractivity contribution in [2.24, 2.45) is 0 Å². The van der Waals surface area contributed by atoms with Gasteiger partial charge in [0.15, 0.2) is 12.4 Å². The number of ether oxygens (including phenoxy) is 2. The van der Waals surface area contributed by atoms with E-state index in [1.165, 1.54) is 0 Å². The van der Waals surface area contributed by atoms with Crippen molar-refractivity contribution in [3.63, 3.8) is 0 Å². The summed E-state index contributed by atoms with van der Waals surface area (Å²) in [4.78, 5) is 24.7. The molecule has 0 amide bonds. The Hall–Kier alpha value is -3.28. The zero-order chi connectivity index (χ0) is 19.4. The minimum absolute atomic E-state index is 0.268. The van der Waals surface area contributed by atoms with Gasteiger partial charge in [-0.2, -0.15) is 0 Å². The number of aryl methyl sites for hydroxylation is 1. The van der Waals surface area contributed by atoms with Crippen molar-refractivity contribution in [1.82, 2.24) is 4.57 Å². The zero-order valence-electron chi connectivity index (χ0n) is 15.5. The number of hydrogen-bond donors (Lipinski definition) is 0. The summed E-state index contributed by atoms with van der Waals surface area (Å²) in [5.74, 6) is 0.671. The number of Topliss-reactive ketones (excluding diaryl/α,β-unsaturated/α-hetero) is 1. The fraction of sp³-hybridized carbons (Fsp3) is 0.238. The molecule has 1 aromatic carbocycles. The van der Waals surface area contributed by atoms with Gasteiger partial charge in [-0.3, -0.25) is 4.79 Å². The molecule has 0 aliphatic carbocycles. The number of aromatic nitrogens is 1. The van der Waals surface area contributed by atoms with Gasteiger partial charge in [0.1, 0.15) is 11.5 Å². The second-order valence-corrected chi connectivity index (χ2v) is 6.18. The van der Waals surface area contributed by atoms with Gasteiger partial charge in [0.05, 0.1) is 25.5 Å². The number of ketones is 1. The number of carbonyl (C=O) groups is 2. The predicted octanol–water partition coefficient (Wildman–Crippen LogP) is 3.79. The summed E-state index contributed by atoms with van der Waals surface area (Å²) in [6, 6.07) is 12.1. The molecule has 2 heterocycles. The maximum absolute atomic E-state index is 12.4. The summed E-state index contributed by atoms with van der Waals surface area (Å²) < 4.78 is 17.6. The molecule has 0 radical (unpaired) electrons. The molecule has 3 aromatic rings. The first-order valence-electron chi connectivity index (χ1n) is 8.53. The number of methoxy groups -OCH3 is 1. The van der Waals surface area contributed by atoms with Crippen LogP contribution in [0.2, 0.25) is 0 Å². The van der Waals surface area contributed by atoms with E-state index in [0.29, 0.717) is 23.4 Å². The lowest BCUT2D eigenvalue weighted by Crippen LogP contribution is -2.15. The zero-order valence-corrected chi connectivity index (χ0v) is 15.5. The fourth-order valence-electron chi connectivity index (χ4n) is 2.88. The first kappa shape index (κ1) is 18.5. The molecule has 0 spiro atoms. The lowest BCUT2D eigenvalue weighted by molar-refractivity contribution is 0.0474. The van der Waals surface area contributed by atoms with E-state index in [1.807, 2.05) is 30.5 Å². The lowest BCUT2D eigenvalue weighted by Gasteiger charge is -2.08. The highest BCUT2D eigenvalue weighted by molar-refractivity contribution is 5.99. The van der Waals surface area contributed by atoms with Crippen molar-refractivity contribution >= 4 is 11.8 Å². The molecule has 0 atom stereocenters. The maximum Gasteiger partial charge on any atom is 0.340 e. The summed E-state index contributed by atoms with van der Waals surface area (Å²) in [7, 11) is 1.56. The van der Waals surface area contributed by atoms with Crippen LogP contribution in [0.15, 0.2) is 53.1 Å². The van der Waals surface area contributed by atoms with Crippen molar-refractivity contribution in [3.05, 3.63) is 77.0 Å². The van der Waals surface area contributed by atoms with E-state index in [0.717, 1.165) is 17.1 Å². The van der Waals surface area contributed by atoms with Crippen LogP contribution in [0.25, 0.3) is 0 Å². The second kappa shape index (κ2) is 7.95. The minimum atomic E-state index is -0.518. The first-order chi connectivity index (χ1) is 13.0. The Morgan fingerprint density at radius 2 is 1.85 bits per heavy atom. The number of esters is 1. The molecule has 6 heteroatoms. The Bertz CT molecular complexity index is 936. The first-order valence-corrected chi connectivity index (χ1v) is 8.53. The Morgan fingerprint density at radius 1 is 1.11 bits per heavy atom. The van der Waals surface area contributed by atoms with Crippen LogP contribution in [0.5, 0.6) is 5.75 Å². The molecular formula is C21H21NO5. The summed E-state index contributed by atoms with van der Waals surface area (Å²) >= 11 is 0. The van der Waals surface area contributed by atoms with E-state index in [4.69, 9.17) is 13.9 Å². The molecule has 2 aromatic heterocycles. The van der Waals surface area contributed by atoms with Crippen molar-refractivity contribution in [2.75, 3.05) is 13.7 Å². The molecule has 0 fully saturated rings. The van der Waals surface area contributed by atoms with Crippen molar-refractivity contribution < 1.29 is 23.5 Å². The number of rotatable bonds is 7. The Kier molecular flexibility index (Phi) is 5.45. The second-order valence-electron chi connectivity index (χ2n) is 6.18. The molecule has 0 saturated carbocycles. The summed E-state index contributed by atoms with van der Waals surface area (Å²) in [6.07, 6.45) is 1.61. The van der Waals surface area contributed by atoms with E-state index in [1.54, 1.807) is 43.7 Å². The molecule has 0 unspecified atom stereocenters. The van der Waals surface area contributed by atoms with Crippen LogP contribution in [0.4, 0.5) is 0 Å². The quantitative estimate of drug-likeness (QED) is 0.469. The normalized spacial score (nSPS) is 10.6. The van der Waals surface area contributed by atoms with Gasteiger partial charge in [-0.1, -0.05) is 0 Å². The molecule has 140 valence electrons. The van der Waals surface area contributed by atoms with Gasteiger partial charge in [-0.25, -0.2) is 4.79 Å². The van der Waals surface area contributed by atoms with Gasteiger partial charge >= 0.3 is 5.97 Å². The number of benzene rings is 1. The number of furan rings is 1. The fourth-order valence-corrected chi connectivity index (χ4v) is 2.88. The molecule has 6 nitrogen and oxygen atoms in total. The van der Waals surface area contributed by atoms with Gasteiger partial charge in [-0.05, 0) is 56.3 Å². The largest absolute Gasteiger partial charge is 0.497 e. The molecule has 0 aliphatic rings. The monoisotopic (exact) mass is 367 g/mol. The van der Waals surface area contributed by atoms with Crippen LogP contribution in [0.1, 0.15) is 37.9 Å². The average Bonchev–Trinajstić information content (AvgIpc) is 3.29. The van der Waals surface area contributed by atoms with Crippen LogP contribution in [0.3, 0.4) is 0 Å². The van der Waals surface area contributed by atoms with Crippen molar-refractivity contribution in [2.45, 2.75) is 20.4 Å². The van der Waals surface area contributed by atoms with Crippen LogP contribution < -0.4 is 4.74 Å². The minimum Gasteiger partial charge on any atom is -0.497 e. The van der Waals surface area contributed by atoms with Gasteiger partial charge in [0, 0.05) is 17.0 Å². The SMILES string of the molecule is COc1ccc(C(=O)COC(=O)c2cc(C)n(Cc3ccco3)c2C)cc1. The number of carbonyl (C=O) groups excluding carboxylic acids is 2. The van der Waals surface area contributed by atoms with Crippen LogP contribution >= 0.6 is 0 Å². The Labute approximate surface area is 157 Å². The molecule has 0 saturated heterocycles. The van der Waals surface area contributed by atoms with Crippen molar-refractivity contribution in [3.8, 4) is 5.75 Å². The Balaban J connectivity index is 1.66. The molecule has 0 N–H and O–H groups in total. The topological polar surface area (TPSA) is 70.7 Å².